The first-order valence-electron chi connectivity index (χ1n) is 8.22. The van der Waals surface area contributed by atoms with E-state index in [9.17, 15) is 4.79 Å². The largest absolute Gasteiger partial charge is 0.352 e. The van der Waals surface area contributed by atoms with E-state index in [0.29, 0.717) is 6.04 Å². The van der Waals surface area contributed by atoms with Gasteiger partial charge < -0.3 is 15.5 Å². The molecule has 5 nitrogen and oxygen atoms in total. The molecule has 126 valence electrons. The molecule has 1 aliphatic heterocycles. The normalized spacial score (nSPS) is 18.1. The van der Waals surface area contributed by atoms with E-state index in [0.717, 1.165) is 37.6 Å². The van der Waals surface area contributed by atoms with Crippen molar-refractivity contribution in [2.75, 3.05) is 25.0 Å². The molecule has 2 fully saturated rings. The minimum Gasteiger partial charge on any atom is -0.352 e. The van der Waals surface area contributed by atoms with Crippen molar-refractivity contribution in [3.63, 3.8) is 0 Å². The molecule has 2 N–H and O–H groups in total. The molecule has 1 heterocycles. The number of rotatable bonds is 4. The van der Waals surface area contributed by atoms with Crippen LogP contribution in [0.4, 0.5) is 5.69 Å². The van der Waals surface area contributed by atoms with Crippen LogP contribution in [0.25, 0.3) is 0 Å². The minimum absolute atomic E-state index is 0. The predicted octanol–water partition coefficient (Wildman–Crippen LogP) is 2.84. The quantitative estimate of drug-likeness (QED) is 0.441. The molecule has 0 aromatic heterocycles. The van der Waals surface area contributed by atoms with Crippen LogP contribution in [0, 0.1) is 0 Å². The molecule has 0 spiro atoms. The number of amides is 1. The van der Waals surface area contributed by atoms with Gasteiger partial charge in [0.05, 0.1) is 0 Å². The van der Waals surface area contributed by atoms with Crippen LogP contribution in [0.1, 0.15) is 32.1 Å². The Kier molecular flexibility index (Phi) is 7.14. The molecule has 0 unspecified atom stereocenters. The van der Waals surface area contributed by atoms with Crippen LogP contribution in [0.2, 0.25) is 0 Å². The fourth-order valence-corrected chi connectivity index (χ4v) is 2.62. The van der Waals surface area contributed by atoms with Gasteiger partial charge in [-0.3, -0.25) is 4.79 Å². The fraction of sp³-hybridized carbons (Fsp3) is 0.529. The van der Waals surface area contributed by atoms with Gasteiger partial charge in [0.2, 0.25) is 5.91 Å². The van der Waals surface area contributed by atoms with Gasteiger partial charge in [-0.2, -0.15) is 0 Å². The Balaban J connectivity index is 0.00000192. The lowest BCUT2D eigenvalue weighted by Gasteiger charge is -2.30. The summed E-state index contributed by atoms with van der Waals surface area (Å²) in [6.45, 7) is 2.20. The van der Waals surface area contributed by atoms with Gasteiger partial charge in [-0.15, -0.1) is 24.0 Å². The highest BCUT2D eigenvalue weighted by Crippen LogP contribution is 2.18. The SMILES string of the molecule is I.O=C(CN=C(Nc1ccccc1)N1CCCCC1)NC1CC1. The van der Waals surface area contributed by atoms with E-state index in [1.54, 1.807) is 0 Å². The zero-order chi connectivity index (χ0) is 15.2. The molecule has 0 bridgehead atoms. The summed E-state index contributed by atoms with van der Waals surface area (Å²) in [5.41, 5.74) is 1.01. The lowest BCUT2D eigenvalue weighted by Crippen LogP contribution is -2.41. The van der Waals surface area contributed by atoms with Crippen molar-refractivity contribution in [1.29, 1.82) is 0 Å². The van der Waals surface area contributed by atoms with Gasteiger partial charge in [-0.1, -0.05) is 18.2 Å². The number of carbonyl (C=O) groups is 1. The first-order valence-corrected chi connectivity index (χ1v) is 8.22. The molecule has 1 saturated heterocycles. The Morgan fingerprint density at radius 1 is 1.13 bits per heavy atom. The first kappa shape index (κ1) is 18.0. The van der Waals surface area contributed by atoms with Crippen molar-refractivity contribution in [3.8, 4) is 0 Å². The molecule has 3 rings (SSSR count). The second-order valence-corrected chi connectivity index (χ2v) is 6.02. The Hall–Kier alpha value is -1.31. The molecule has 23 heavy (non-hydrogen) atoms. The molecule has 6 heteroatoms. The highest BCUT2D eigenvalue weighted by atomic mass is 127. The Labute approximate surface area is 154 Å². The number of anilines is 1. The van der Waals surface area contributed by atoms with Crippen molar-refractivity contribution >= 4 is 41.5 Å². The average Bonchev–Trinajstić information content (AvgIpc) is 3.37. The summed E-state index contributed by atoms with van der Waals surface area (Å²) in [5.74, 6) is 0.837. The Bertz CT molecular complexity index is 525. The summed E-state index contributed by atoms with van der Waals surface area (Å²) in [5, 5.41) is 6.35. The van der Waals surface area contributed by atoms with Crippen molar-refractivity contribution in [1.82, 2.24) is 10.2 Å². The van der Waals surface area contributed by atoms with Gasteiger partial charge >= 0.3 is 0 Å². The molecule has 1 aliphatic carbocycles. The standard InChI is InChI=1S/C17H24N4O.HI/c22-16(19-15-9-10-15)13-18-17(21-11-5-2-6-12-21)20-14-7-3-1-4-8-14;/h1,3-4,7-8,15H,2,5-6,9-13H2,(H,18,20)(H,19,22);1H. The van der Waals surface area contributed by atoms with E-state index < -0.39 is 0 Å². The number of likely N-dealkylation sites (tertiary alicyclic amines) is 1. The number of benzene rings is 1. The van der Waals surface area contributed by atoms with Crippen molar-refractivity contribution in [2.24, 2.45) is 4.99 Å². The summed E-state index contributed by atoms with van der Waals surface area (Å²) >= 11 is 0. The number of nitrogens with zero attached hydrogens (tertiary/aromatic N) is 2. The highest BCUT2D eigenvalue weighted by Gasteiger charge is 2.23. The van der Waals surface area contributed by atoms with Crippen molar-refractivity contribution < 1.29 is 4.79 Å². The number of piperidine rings is 1. The van der Waals surface area contributed by atoms with Gasteiger partial charge in [0.15, 0.2) is 5.96 Å². The number of halogens is 1. The third-order valence-electron chi connectivity index (χ3n) is 4.00. The monoisotopic (exact) mass is 428 g/mol. The van der Waals surface area contributed by atoms with Gasteiger partial charge in [0.25, 0.3) is 0 Å². The zero-order valence-electron chi connectivity index (χ0n) is 13.3. The minimum atomic E-state index is 0. The summed E-state index contributed by atoms with van der Waals surface area (Å²) in [7, 11) is 0. The maximum absolute atomic E-state index is 11.9. The summed E-state index contributed by atoms with van der Waals surface area (Å²) in [4.78, 5) is 18.7. The molecular weight excluding hydrogens is 403 g/mol. The van der Waals surface area contributed by atoms with Crippen LogP contribution in [0.5, 0.6) is 0 Å². The zero-order valence-corrected chi connectivity index (χ0v) is 15.7. The van der Waals surface area contributed by atoms with Gasteiger partial charge in [-0.25, -0.2) is 4.99 Å². The highest BCUT2D eigenvalue weighted by molar-refractivity contribution is 14.0. The molecule has 2 aliphatic rings. The number of hydrogen-bond acceptors (Lipinski definition) is 2. The molecule has 0 atom stereocenters. The third-order valence-corrected chi connectivity index (χ3v) is 4.00. The molecule has 1 saturated carbocycles. The number of aliphatic imine (C=N–C) groups is 1. The molecule has 1 aromatic carbocycles. The van der Waals surface area contributed by atoms with Crippen LogP contribution in [-0.4, -0.2) is 42.4 Å². The summed E-state index contributed by atoms with van der Waals surface area (Å²) in [6.07, 6.45) is 5.86. The number of hydrogen-bond donors (Lipinski definition) is 2. The number of carbonyl (C=O) groups excluding carboxylic acids is 1. The molecule has 1 aromatic rings. The van der Waals surface area contributed by atoms with Gasteiger partial charge in [0, 0.05) is 24.8 Å². The first-order chi connectivity index (χ1) is 10.8. The molecular formula is C17H25IN4O. The van der Waals surface area contributed by atoms with E-state index in [1.807, 2.05) is 30.3 Å². The maximum atomic E-state index is 11.9. The van der Waals surface area contributed by atoms with Crippen LogP contribution in [0.3, 0.4) is 0 Å². The van der Waals surface area contributed by atoms with E-state index in [1.165, 1.54) is 19.3 Å². The van der Waals surface area contributed by atoms with Crippen molar-refractivity contribution in [2.45, 2.75) is 38.1 Å². The average molecular weight is 428 g/mol. The van der Waals surface area contributed by atoms with Gasteiger partial charge in [0.1, 0.15) is 6.54 Å². The van der Waals surface area contributed by atoms with Crippen LogP contribution in [-0.2, 0) is 4.79 Å². The van der Waals surface area contributed by atoms with Gasteiger partial charge in [-0.05, 0) is 44.2 Å². The van der Waals surface area contributed by atoms with E-state index in [2.05, 4.69) is 20.5 Å². The maximum Gasteiger partial charge on any atom is 0.242 e. The Morgan fingerprint density at radius 3 is 2.48 bits per heavy atom. The topological polar surface area (TPSA) is 56.7 Å². The predicted molar refractivity (Wildman–Crippen MR) is 104 cm³/mol. The molecule has 0 radical (unpaired) electrons. The lowest BCUT2D eigenvalue weighted by molar-refractivity contribution is -0.119. The third kappa shape index (κ3) is 6.01. The smallest absolute Gasteiger partial charge is 0.242 e. The number of para-hydroxylation sites is 1. The van der Waals surface area contributed by atoms with E-state index in [-0.39, 0.29) is 36.4 Å². The second kappa shape index (κ2) is 9.10. The van der Waals surface area contributed by atoms with Crippen molar-refractivity contribution in [3.05, 3.63) is 30.3 Å². The molecule has 1 amide bonds. The second-order valence-electron chi connectivity index (χ2n) is 6.02. The van der Waals surface area contributed by atoms with Crippen LogP contribution < -0.4 is 10.6 Å². The summed E-state index contributed by atoms with van der Waals surface area (Å²) < 4.78 is 0. The Morgan fingerprint density at radius 2 is 1.83 bits per heavy atom. The number of nitrogens with one attached hydrogen (secondary N) is 2. The van der Waals surface area contributed by atoms with E-state index in [4.69, 9.17) is 0 Å². The van der Waals surface area contributed by atoms with Crippen LogP contribution >= 0.6 is 24.0 Å². The number of guanidine groups is 1. The fourth-order valence-electron chi connectivity index (χ4n) is 2.62. The van der Waals surface area contributed by atoms with E-state index >= 15 is 0 Å². The van der Waals surface area contributed by atoms with Crippen LogP contribution in [0.15, 0.2) is 35.3 Å². The summed E-state index contributed by atoms with van der Waals surface area (Å²) in [6, 6.07) is 10.4. The lowest BCUT2D eigenvalue weighted by atomic mass is 10.1.